The minimum absolute atomic E-state index is 0.0722. The molecule has 9 nitrogen and oxygen atoms in total. The van der Waals surface area contributed by atoms with Crippen molar-refractivity contribution in [3.63, 3.8) is 0 Å². The number of ether oxygens (including phenoxy) is 1. The van der Waals surface area contributed by atoms with Gasteiger partial charge >= 0.3 is 7.12 Å². The van der Waals surface area contributed by atoms with Crippen molar-refractivity contribution < 1.29 is 14.0 Å². The Morgan fingerprint density at radius 3 is 2.34 bits per heavy atom. The number of hydrazone groups is 1. The quantitative estimate of drug-likeness (QED) is 0.187. The lowest BCUT2D eigenvalue weighted by Gasteiger charge is -2.32. The highest BCUT2D eigenvalue weighted by Gasteiger charge is 2.52. The van der Waals surface area contributed by atoms with Crippen LogP contribution in [0, 0.1) is 11.3 Å². The Morgan fingerprint density at radius 1 is 1.02 bits per heavy atom. The third-order valence-corrected chi connectivity index (χ3v) is 7.27. The van der Waals surface area contributed by atoms with Crippen molar-refractivity contribution >= 4 is 24.7 Å². The summed E-state index contributed by atoms with van der Waals surface area (Å²) >= 11 is 0. The summed E-state index contributed by atoms with van der Waals surface area (Å²) in [5, 5.41) is 13.9. The first-order valence-electron chi connectivity index (χ1n) is 13.2. The number of anilines is 1. The van der Waals surface area contributed by atoms with Gasteiger partial charge in [-0.2, -0.15) is 10.4 Å². The van der Waals surface area contributed by atoms with Crippen LogP contribution < -0.4 is 21.2 Å². The van der Waals surface area contributed by atoms with Crippen molar-refractivity contribution in [2.24, 2.45) is 5.10 Å². The van der Waals surface area contributed by atoms with Crippen LogP contribution >= 0.6 is 0 Å². The molecule has 41 heavy (non-hydrogen) atoms. The molecule has 1 saturated heterocycles. The SMILES string of the molecule is CC1(C)OB(c2ccc(OCc3ccccc3)cc2C=NNc2nc(-c3ccccc3)c(C#N)c(=O)[nH]2)OC1(C)C. The second-order valence-corrected chi connectivity index (χ2v) is 10.6. The van der Waals surface area contributed by atoms with Crippen molar-refractivity contribution in [1.82, 2.24) is 9.97 Å². The van der Waals surface area contributed by atoms with Gasteiger partial charge in [-0.3, -0.25) is 9.78 Å². The van der Waals surface area contributed by atoms with E-state index >= 15 is 0 Å². The fraction of sp³-hybridized carbons (Fsp3) is 0.226. The molecule has 0 aliphatic carbocycles. The first-order valence-corrected chi connectivity index (χ1v) is 13.2. The van der Waals surface area contributed by atoms with E-state index in [1.807, 2.05) is 100 Å². The van der Waals surface area contributed by atoms with Gasteiger partial charge < -0.3 is 14.0 Å². The molecule has 3 aromatic carbocycles. The molecule has 0 saturated carbocycles. The number of hydrogen-bond acceptors (Lipinski definition) is 8. The van der Waals surface area contributed by atoms with Gasteiger partial charge in [-0.1, -0.05) is 66.7 Å². The Bertz CT molecular complexity index is 1650. The van der Waals surface area contributed by atoms with Crippen molar-refractivity contribution in [3.8, 4) is 23.1 Å². The van der Waals surface area contributed by atoms with Gasteiger partial charge in [0.2, 0.25) is 5.95 Å². The number of aromatic nitrogens is 2. The number of nitrogens with zero attached hydrogens (tertiary/aromatic N) is 3. The maximum Gasteiger partial charge on any atom is 0.495 e. The zero-order valence-corrected chi connectivity index (χ0v) is 23.3. The first-order chi connectivity index (χ1) is 19.7. The largest absolute Gasteiger partial charge is 0.495 e. The highest BCUT2D eigenvalue weighted by Crippen LogP contribution is 2.36. The highest BCUT2D eigenvalue weighted by molar-refractivity contribution is 6.63. The van der Waals surface area contributed by atoms with E-state index in [2.05, 4.69) is 20.5 Å². The van der Waals surface area contributed by atoms with Crippen LogP contribution in [0.5, 0.6) is 5.75 Å². The molecular formula is C31H30BN5O4. The van der Waals surface area contributed by atoms with Gasteiger partial charge in [0.15, 0.2) is 0 Å². The Labute approximate surface area is 239 Å². The average Bonchev–Trinajstić information content (AvgIpc) is 3.18. The van der Waals surface area contributed by atoms with E-state index in [4.69, 9.17) is 14.0 Å². The fourth-order valence-electron chi connectivity index (χ4n) is 4.28. The van der Waals surface area contributed by atoms with Crippen LogP contribution in [-0.4, -0.2) is 34.5 Å². The predicted octanol–water partition coefficient (Wildman–Crippen LogP) is 4.63. The number of hydrogen-bond donors (Lipinski definition) is 2. The zero-order chi connectivity index (χ0) is 29.0. The van der Waals surface area contributed by atoms with Crippen LogP contribution in [0.1, 0.15) is 44.4 Å². The third-order valence-electron chi connectivity index (χ3n) is 7.27. The molecule has 0 unspecified atom stereocenters. The fourth-order valence-corrected chi connectivity index (χ4v) is 4.28. The van der Waals surface area contributed by atoms with Crippen molar-refractivity contribution in [1.29, 1.82) is 5.26 Å². The van der Waals surface area contributed by atoms with Gasteiger partial charge in [0.25, 0.3) is 5.56 Å². The van der Waals surface area contributed by atoms with E-state index in [-0.39, 0.29) is 17.2 Å². The van der Waals surface area contributed by atoms with Crippen LogP contribution in [0.4, 0.5) is 5.95 Å². The molecular weight excluding hydrogens is 517 g/mol. The summed E-state index contributed by atoms with van der Waals surface area (Å²) in [6.07, 6.45) is 1.59. The van der Waals surface area contributed by atoms with Gasteiger partial charge in [0.05, 0.1) is 23.1 Å². The molecule has 206 valence electrons. The minimum Gasteiger partial charge on any atom is -0.489 e. The van der Waals surface area contributed by atoms with Crippen molar-refractivity contribution in [2.75, 3.05) is 5.43 Å². The number of benzene rings is 3. The number of rotatable bonds is 8. The van der Waals surface area contributed by atoms with E-state index in [1.165, 1.54) is 0 Å². The molecule has 1 fully saturated rings. The molecule has 1 aromatic heterocycles. The lowest BCUT2D eigenvalue weighted by Crippen LogP contribution is -2.41. The molecule has 0 atom stereocenters. The lowest BCUT2D eigenvalue weighted by molar-refractivity contribution is 0.00578. The highest BCUT2D eigenvalue weighted by atomic mass is 16.7. The van der Waals surface area contributed by atoms with Crippen LogP contribution in [0.3, 0.4) is 0 Å². The summed E-state index contributed by atoms with van der Waals surface area (Å²) in [6, 6.07) is 26.5. The van der Waals surface area contributed by atoms with Crippen LogP contribution in [0.25, 0.3) is 11.3 Å². The summed E-state index contributed by atoms with van der Waals surface area (Å²) in [7, 11) is -0.623. The monoisotopic (exact) mass is 547 g/mol. The molecule has 0 spiro atoms. The summed E-state index contributed by atoms with van der Waals surface area (Å²) in [5.41, 5.74) is 4.54. The molecule has 10 heteroatoms. The molecule has 1 aliphatic rings. The first kappa shape index (κ1) is 27.8. The summed E-state index contributed by atoms with van der Waals surface area (Å²) in [4.78, 5) is 19.6. The zero-order valence-electron chi connectivity index (χ0n) is 23.3. The average molecular weight is 547 g/mol. The Balaban J connectivity index is 1.44. The molecule has 0 amide bonds. The maximum absolute atomic E-state index is 12.6. The lowest BCUT2D eigenvalue weighted by atomic mass is 9.76. The maximum atomic E-state index is 12.6. The van der Waals surface area contributed by atoms with Gasteiger partial charge in [-0.15, -0.1) is 0 Å². The van der Waals surface area contributed by atoms with Gasteiger partial charge in [0.1, 0.15) is 24.0 Å². The summed E-state index contributed by atoms with van der Waals surface area (Å²) in [5.74, 6) is 0.740. The second-order valence-electron chi connectivity index (χ2n) is 10.6. The van der Waals surface area contributed by atoms with Crippen LogP contribution in [0.2, 0.25) is 0 Å². The van der Waals surface area contributed by atoms with Gasteiger partial charge in [-0.25, -0.2) is 10.4 Å². The Morgan fingerprint density at radius 2 is 1.68 bits per heavy atom. The number of H-pyrrole nitrogens is 1. The minimum atomic E-state index is -0.623. The molecule has 1 aliphatic heterocycles. The standard InChI is InChI=1S/C31H30BN5O4/c1-30(2)31(3,4)41-32(40-30)26-16-15-24(39-20-21-11-7-5-8-12-21)17-23(26)19-34-37-29-35-27(22-13-9-6-10-14-22)25(18-33)28(38)36-29/h5-17,19H,20H2,1-4H3,(H2,35,36,37,38). The molecule has 2 heterocycles. The van der Waals surface area contributed by atoms with E-state index in [1.54, 1.807) is 18.3 Å². The van der Waals surface area contributed by atoms with E-state index in [9.17, 15) is 10.1 Å². The molecule has 5 rings (SSSR count). The number of nitriles is 1. The van der Waals surface area contributed by atoms with Crippen LogP contribution in [-0.2, 0) is 15.9 Å². The summed E-state index contributed by atoms with van der Waals surface area (Å²) in [6.45, 7) is 8.39. The molecule has 0 radical (unpaired) electrons. The smallest absolute Gasteiger partial charge is 0.489 e. The predicted molar refractivity (Wildman–Crippen MR) is 159 cm³/mol. The Hall–Kier alpha value is -4.72. The summed E-state index contributed by atoms with van der Waals surface area (Å²) < 4.78 is 18.6. The molecule has 4 aromatic rings. The third kappa shape index (κ3) is 6.06. The van der Waals surface area contributed by atoms with E-state index in [0.717, 1.165) is 11.0 Å². The van der Waals surface area contributed by atoms with E-state index < -0.39 is 23.9 Å². The number of nitrogens with one attached hydrogen (secondary N) is 2. The van der Waals surface area contributed by atoms with Crippen molar-refractivity contribution in [3.05, 3.63) is 106 Å². The molecule has 2 N–H and O–H groups in total. The topological polar surface area (TPSA) is 122 Å². The van der Waals surface area contributed by atoms with Crippen molar-refractivity contribution in [2.45, 2.75) is 45.5 Å². The number of aromatic amines is 1. The van der Waals surface area contributed by atoms with Gasteiger partial charge in [-0.05, 0) is 56.4 Å². The second kappa shape index (κ2) is 11.4. The van der Waals surface area contributed by atoms with Gasteiger partial charge in [0, 0.05) is 5.56 Å². The molecule has 0 bridgehead atoms. The normalized spacial score (nSPS) is 15.5. The Kier molecular flexibility index (Phi) is 7.75. The van der Waals surface area contributed by atoms with Crippen LogP contribution in [0.15, 0.2) is 88.8 Å². The van der Waals surface area contributed by atoms with E-state index in [0.29, 0.717) is 23.5 Å².